The van der Waals surface area contributed by atoms with Crippen LogP contribution in [0, 0.1) is 5.41 Å². The Kier molecular flexibility index (Phi) is 16.0. The summed E-state index contributed by atoms with van der Waals surface area (Å²) in [5.41, 5.74) is -0.117. The third kappa shape index (κ3) is 15.1. The van der Waals surface area contributed by atoms with E-state index >= 15 is 0 Å². The van der Waals surface area contributed by atoms with Crippen LogP contribution in [0.3, 0.4) is 0 Å². The van der Waals surface area contributed by atoms with Crippen LogP contribution in [0.15, 0.2) is 0 Å². The molecule has 1 unspecified atom stereocenters. The van der Waals surface area contributed by atoms with E-state index in [2.05, 4.69) is 18.6 Å². The first-order valence-electron chi connectivity index (χ1n) is 10.6. The monoisotopic (exact) mass is 354 g/mol. The van der Waals surface area contributed by atoms with Gasteiger partial charge in [-0.15, -0.1) is 0 Å². The predicted molar refractivity (Wildman–Crippen MR) is 106 cm³/mol. The summed E-state index contributed by atoms with van der Waals surface area (Å²) in [5, 5.41) is 0. The second-order valence-electron chi connectivity index (χ2n) is 7.84. The minimum Gasteiger partial charge on any atom is -0.469 e. The molecule has 0 aliphatic rings. The Balaban J connectivity index is 3.58. The Morgan fingerprint density at radius 3 is 1.68 bits per heavy atom. The highest BCUT2D eigenvalue weighted by Gasteiger charge is 2.22. The first kappa shape index (κ1) is 24.1. The van der Waals surface area contributed by atoms with Crippen LogP contribution in [0.4, 0.5) is 0 Å². The molecule has 0 saturated carbocycles. The van der Waals surface area contributed by atoms with Crippen LogP contribution >= 0.6 is 0 Å². The van der Waals surface area contributed by atoms with Crippen molar-refractivity contribution >= 4 is 12.3 Å². The molecule has 148 valence electrons. The van der Waals surface area contributed by atoms with Crippen LogP contribution in [0.1, 0.15) is 117 Å². The molecule has 0 saturated heterocycles. The highest BCUT2D eigenvalue weighted by Crippen LogP contribution is 2.29. The van der Waals surface area contributed by atoms with Crippen LogP contribution in [-0.2, 0) is 14.3 Å². The quantitative estimate of drug-likeness (QED) is 0.158. The molecular formula is C22H42O3. The van der Waals surface area contributed by atoms with Crippen molar-refractivity contribution in [3.63, 3.8) is 0 Å². The lowest BCUT2D eigenvalue weighted by Gasteiger charge is -2.23. The Morgan fingerprint density at radius 2 is 1.24 bits per heavy atom. The molecule has 0 fully saturated rings. The Morgan fingerprint density at radius 1 is 0.800 bits per heavy atom. The Labute approximate surface area is 156 Å². The number of esters is 1. The fourth-order valence-corrected chi connectivity index (χ4v) is 3.34. The van der Waals surface area contributed by atoms with Crippen LogP contribution < -0.4 is 0 Å². The van der Waals surface area contributed by atoms with E-state index in [-0.39, 0.29) is 11.4 Å². The normalized spacial score (nSPS) is 13.4. The van der Waals surface area contributed by atoms with Gasteiger partial charge in [0.05, 0.1) is 7.11 Å². The van der Waals surface area contributed by atoms with Gasteiger partial charge >= 0.3 is 5.97 Å². The van der Waals surface area contributed by atoms with Gasteiger partial charge in [-0.3, -0.25) is 4.79 Å². The minimum absolute atomic E-state index is 0.105. The number of aldehydes is 1. The molecule has 3 nitrogen and oxygen atoms in total. The summed E-state index contributed by atoms with van der Waals surface area (Å²) in [6.07, 6.45) is 19.7. The van der Waals surface area contributed by atoms with Crippen molar-refractivity contribution in [2.45, 2.75) is 117 Å². The number of carbonyl (C=O) groups excluding carboxylic acids is 2. The maximum Gasteiger partial charge on any atom is 0.305 e. The van der Waals surface area contributed by atoms with Crippen molar-refractivity contribution in [3.05, 3.63) is 0 Å². The summed E-state index contributed by atoms with van der Waals surface area (Å²) in [6.45, 7) is 4.38. The molecule has 0 bridgehead atoms. The molecule has 1 atom stereocenters. The lowest BCUT2D eigenvalue weighted by Crippen LogP contribution is -2.18. The molecule has 0 aliphatic heterocycles. The third-order valence-corrected chi connectivity index (χ3v) is 5.24. The summed E-state index contributed by atoms with van der Waals surface area (Å²) >= 11 is 0. The van der Waals surface area contributed by atoms with E-state index in [1.807, 2.05) is 0 Å². The second kappa shape index (κ2) is 16.6. The van der Waals surface area contributed by atoms with E-state index in [0.29, 0.717) is 6.42 Å². The molecule has 25 heavy (non-hydrogen) atoms. The average Bonchev–Trinajstić information content (AvgIpc) is 2.62. The standard InChI is InChI=1S/C22H42O3/c1-4-5-6-7-9-12-15-18-22(2,20-23)19-16-13-10-8-11-14-17-21(24)25-3/h20H,4-19H2,1-3H3. The van der Waals surface area contributed by atoms with Crippen LogP contribution in [0.5, 0.6) is 0 Å². The first-order valence-corrected chi connectivity index (χ1v) is 10.6. The Hall–Kier alpha value is -0.860. The van der Waals surface area contributed by atoms with Gasteiger partial charge in [-0.1, -0.05) is 90.9 Å². The zero-order chi connectivity index (χ0) is 18.8. The number of unbranched alkanes of at least 4 members (excludes halogenated alkanes) is 11. The molecule has 0 N–H and O–H groups in total. The van der Waals surface area contributed by atoms with Gasteiger partial charge in [0, 0.05) is 11.8 Å². The molecule has 0 spiro atoms. The lowest BCUT2D eigenvalue weighted by molar-refractivity contribution is -0.140. The Bertz CT molecular complexity index is 327. The topological polar surface area (TPSA) is 43.4 Å². The third-order valence-electron chi connectivity index (χ3n) is 5.24. The van der Waals surface area contributed by atoms with Gasteiger partial charge in [0.15, 0.2) is 0 Å². The molecule has 0 aliphatic carbocycles. The summed E-state index contributed by atoms with van der Waals surface area (Å²) < 4.78 is 4.64. The minimum atomic E-state index is -0.117. The van der Waals surface area contributed by atoms with E-state index in [1.165, 1.54) is 77.6 Å². The number of ether oxygens (including phenoxy) is 1. The maximum absolute atomic E-state index is 11.5. The first-order chi connectivity index (χ1) is 12.1. The predicted octanol–water partition coefficient (Wildman–Crippen LogP) is 6.63. The molecule has 0 radical (unpaired) electrons. The van der Waals surface area contributed by atoms with Gasteiger partial charge in [-0.2, -0.15) is 0 Å². The van der Waals surface area contributed by atoms with Crippen LogP contribution in [-0.4, -0.2) is 19.4 Å². The van der Waals surface area contributed by atoms with E-state index in [1.54, 1.807) is 0 Å². The van der Waals surface area contributed by atoms with E-state index in [4.69, 9.17) is 0 Å². The number of carbonyl (C=O) groups is 2. The zero-order valence-corrected chi connectivity index (χ0v) is 17.1. The maximum atomic E-state index is 11.5. The molecule has 0 aromatic heterocycles. The number of hydrogen-bond acceptors (Lipinski definition) is 3. The largest absolute Gasteiger partial charge is 0.469 e. The van der Waals surface area contributed by atoms with Gasteiger partial charge in [0.1, 0.15) is 6.29 Å². The molecule has 0 heterocycles. The highest BCUT2D eigenvalue weighted by molar-refractivity contribution is 5.68. The number of hydrogen-bond donors (Lipinski definition) is 0. The van der Waals surface area contributed by atoms with Gasteiger partial charge in [0.2, 0.25) is 0 Å². The lowest BCUT2D eigenvalue weighted by atomic mass is 9.81. The van der Waals surface area contributed by atoms with Gasteiger partial charge < -0.3 is 9.53 Å². The van der Waals surface area contributed by atoms with E-state index in [9.17, 15) is 9.59 Å². The van der Waals surface area contributed by atoms with Gasteiger partial charge in [0.25, 0.3) is 0 Å². The SMILES string of the molecule is CCCCCCCCCC(C)(C=O)CCCCCCCCC(=O)OC. The summed E-state index contributed by atoms with van der Waals surface area (Å²) in [6, 6.07) is 0. The molecule has 0 amide bonds. The van der Waals surface area contributed by atoms with Gasteiger partial charge in [-0.05, 0) is 19.3 Å². The fraction of sp³-hybridized carbons (Fsp3) is 0.909. The summed E-state index contributed by atoms with van der Waals surface area (Å²) in [5.74, 6) is -0.105. The zero-order valence-electron chi connectivity index (χ0n) is 17.1. The highest BCUT2D eigenvalue weighted by atomic mass is 16.5. The number of rotatable bonds is 18. The van der Waals surface area contributed by atoms with Crippen LogP contribution in [0.2, 0.25) is 0 Å². The molecule has 0 rings (SSSR count). The average molecular weight is 355 g/mol. The van der Waals surface area contributed by atoms with Crippen LogP contribution in [0.25, 0.3) is 0 Å². The second-order valence-corrected chi connectivity index (χ2v) is 7.84. The van der Waals surface area contributed by atoms with Crippen molar-refractivity contribution in [2.24, 2.45) is 5.41 Å². The molecule has 0 aromatic rings. The van der Waals surface area contributed by atoms with E-state index < -0.39 is 0 Å². The summed E-state index contributed by atoms with van der Waals surface area (Å²) in [4.78, 5) is 22.5. The van der Waals surface area contributed by atoms with Crippen molar-refractivity contribution < 1.29 is 14.3 Å². The smallest absolute Gasteiger partial charge is 0.305 e. The van der Waals surface area contributed by atoms with Gasteiger partial charge in [-0.25, -0.2) is 0 Å². The van der Waals surface area contributed by atoms with Crippen molar-refractivity contribution in [2.75, 3.05) is 7.11 Å². The van der Waals surface area contributed by atoms with Crippen molar-refractivity contribution in [1.82, 2.24) is 0 Å². The summed E-state index contributed by atoms with van der Waals surface area (Å²) in [7, 11) is 1.44. The number of methoxy groups -OCH3 is 1. The molecule has 0 aromatic carbocycles. The fourth-order valence-electron chi connectivity index (χ4n) is 3.34. The molecular weight excluding hydrogens is 312 g/mol. The van der Waals surface area contributed by atoms with E-state index in [0.717, 1.165) is 32.1 Å². The van der Waals surface area contributed by atoms with Crippen molar-refractivity contribution in [3.8, 4) is 0 Å². The van der Waals surface area contributed by atoms with Crippen molar-refractivity contribution in [1.29, 1.82) is 0 Å². The molecule has 3 heteroatoms.